The van der Waals surface area contributed by atoms with Crippen LogP contribution in [0.25, 0.3) is 11.1 Å². The summed E-state index contributed by atoms with van der Waals surface area (Å²) in [6, 6.07) is 16.1. The van der Waals surface area contributed by atoms with E-state index in [0.717, 1.165) is 22.3 Å². The Balaban J connectivity index is 1.46. The fourth-order valence-corrected chi connectivity index (χ4v) is 4.44. The topological polar surface area (TPSA) is 114 Å². The minimum absolute atomic E-state index is 0.0239. The minimum Gasteiger partial charge on any atom is -0.481 e. The van der Waals surface area contributed by atoms with E-state index in [0.29, 0.717) is 19.4 Å². The van der Waals surface area contributed by atoms with E-state index >= 15 is 0 Å². The van der Waals surface area contributed by atoms with Gasteiger partial charge in [0.25, 0.3) is 0 Å². The molecule has 188 valence electrons. The first-order chi connectivity index (χ1) is 16.9. The Morgan fingerprint density at radius 2 is 1.66 bits per heavy atom. The fourth-order valence-electron chi connectivity index (χ4n) is 4.44. The predicted octanol–water partition coefficient (Wildman–Crippen LogP) is 4.08. The first-order valence-electron chi connectivity index (χ1n) is 12.1. The number of ether oxygens (including phenoxy) is 2. The molecule has 3 N–H and O–H groups in total. The second-order valence-corrected chi connectivity index (χ2v) is 8.74. The summed E-state index contributed by atoms with van der Waals surface area (Å²) >= 11 is 0. The molecule has 1 aliphatic rings. The van der Waals surface area contributed by atoms with Crippen LogP contribution in [0.4, 0.5) is 4.79 Å². The molecule has 0 saturated heterocycles. The van der Waals surface area contributed by atoms with E-state index in [2.05, 4.69) is 34.9 Å². The molecule has 2 amide bonds. The number of carbonyl (C=O) groups excluding carboxylic acids is 2. The van der Waals surface area contributed by atoms with Gasteiger partial charge in [-0.3, -0.25) is 9.59 Å². The van der Waals surface area contributed by atoms with E-state index < -0.39 is 18.2 Å². The second kappa shape index (κ2) is 12.9. The molecule has 0 fully saturated rings. The van der Waals surface area contributed by atoms with E-state index in [1.807, 2.05) is 38.1 Å². The molecule has 1 aliphatic carbocycles. The van der Waals surface area contributed by atoms with Crippen molar-refractivity contribution in [1.82, 2.24) is 10.6 Å². The molecule has 0 saturated carbocycles. The number of aliphatic carboxylic acids is 1. The summed E-state index contributed by atoms with van der Waals surface area (Å²) in [6.07, 6.45) is 0.183. The maximum Gasteiger partial charge on any atom is 0.407 e. The minimum atomic E-state index is -0.848. The smallest absolute Gasteiger partial charge is 0.407 e. The zero-order valence-electron chi connectivity index (χ0n) is 20.3. The summed E-state index contributed by atoms with van der Waals surface area (Å²) in [4.78, 5) is 35.4. The van der Waals surface area contributed by atoms with Gasteiger partial charge in [0.2, 0.25) is 5.91 Å². The molecule has 0 heterocycles. The highest BCUT2D eigenvalue weighted by Gasteiger charge is 2.29. The average Bonchev–Trinajstić information content (AvgIpc) is 3.14. The normalized spacial score (nSPS) is 13.9. The summed E-state index contributed by atoms with van der Waals surface area (Å²) < 4.78 is 11.2. The quantitative estimate of drug-likeness (QED) is 0.396. The van der Waals surface area contributed by atoms with Crippen LogP contribution in [0.1, 0.15) is 56.6 Å². The van der Waals surface area contributed by atoms with Gasteiger partial charge in [-0.05, 0) is 48.9 Å². The molecule has 35 heavy (non-hydrogen) atoms. The number of nitrogens with one attached hydrogen (secondary N) is 2. The van der Waals surface area contributed by atoms with E-state index in [9.17, 15) is 14.4 Å². The van der Waals surface area contributed by atoms with Crippen LogP contribution < -0.4 is 10.6 Å². The highest BCUT2D eigenvalue weighted by atomic mass is 16.5. The van der Waals surface area contributed by atoms with Crippen LogP contribution in [-0.4, -0.2) is 55.0 Å². The number of carboxylic acids is 1. The van der Waals surface area contributed by atoms with Gasteiger partial charge in [-0.25, -0.2) is 4.79 Å². The van der Waals surface area contributed by atoms with E-state index in [-0.39, 0.29) is 43.9 Å². The van der Waals surface area contributed by atoms with Crippen molar-refractivity contribution in [3.05, 3.63) is 59.7 Å². The second-order valence-electron chi connectivity index (χ2n) is 8.74. The first-order valence-corrected chi connectivity index (χ1v) is 12.1. The molecule has 0 aromatic heterocycles. The van der Waals surface area contributed by atoms with Gasteiger partial charge in [0, 0.05) is 31.5 Å². The molecule has 3 rings (SSSR count). The van der Waals surface area contributed by atoms with Crippen molar-refractivity contribution in [2.24, 2.45) is 0 Å². The van der Waals surface area contributed by atoms with Gasteiger partial charge in [0.1, 0.15) is 6.61 Å². The van der Waals surface area contributed by atoms with Crippen molar-refractivity contribution >= 4 is 18.0 Å². The molecular formula is C27H34N2O6. The number of amides is 2. The number of hydrogen-bond donors (Lipinski definition) is 3. The van der Waals surface area contributed by atoms with Crippen LogP contribution in [0.5, 0.6) is 0 Å². The summed E-state index contributed by atoms with van der Waals surface area (Å²) in [5.41, 5.74) is 4.61. The molecule has 0 spiro atoms. The Bertz CT molecular complexity index is 979. The van der Waals surface area contributed by atoms with Gasteiger partial charge >= 0.3 is 12.1 Å². The molecular weight excluding hydrogens is 448 g/mol. The maximum absolute atomic E-state index is 12.4. The molecule has 2 aromatic rings. The van der Waals surface area contributed by atoms with E-state index in [1.165, 1.54) is 0 Å². The lowest BCUT2D eigenvalue weighted by Crippen LogP contribution is -2.40. The molecule has 0 aliphatic heterocycles. The Kier molecular flexibility index (Phi) is 9.66. The van der Waals surface area contributed by atoms with Gasteiger partial charge in [0.05, 0.1) is 12.5 Å². The molecule has 2 atom stereocenters. The summed E-state index contributed by atoms with van der Waals surface area (Å²) in [6.45, 7) is 4.43. The summed E-state index contributed by atoms with van der Waals surface area (Å²) in [7, 11) is 0. The standard InChI is InChI=1S/C27H34N2O6/c1-3-34-19(15-25(30)29-18(2)9-8-14-26(31)32)16-28-27(33)35-17-24-22-12-6-4-10-20(22)21-11-5-7-13-23(21)24/h4-7,10-13,18-19,24H,3,8-9,14-17H2,1-2H3,(H,28,33)(H,29,30)(H,31,32). The number of fused-ring (bicyclic) bond motifs is 3. The first kappa shape index (κ1) is 26.2. The largest absolute Gasteiger partial charge is 0.481 e. The third-order valence-corrected chi connectivity index (χ3v) is 6.07. The predicted molar refractivity (Wildman–Crippen MR) is 132 cm³/mol. The van der Waals surface area contributed by atoms with Crippen molar-refractivity contribution < 1.29 is 29.0 Å². The Labute approximate surface area is 206 Å². The molecule has 0 radical (unpaired) electrons. The van der Waals surface area contributed by atoms with Crippen molar-refractivity contribution in [3.8, 4) is 11.1 Å². The molecule has 0 bridgehead atoms. The summed E-state index contributed by atoms with van der Waals surface area (Å²) in [5.74, 6) is -1.08. The zero-order chi connectivity index (χ0) is 25.2. The van der Waals surface area contributed by atoms with Gasteiger partial charge in [-0.2, -0.15) is 0 Å². The molecule has 2 unspecified atom stereocenters. The molecule has 2 aromatic carbocycles. The number of hydrogen-bond acceptors (Lipinski definition) is 5. The van der Waals surface area contributed by atoms with Gasteiger partial charge in [-0.1, -0.05) is 48.5 Å². The van der Waals surface area contributed by atoms with Gasteiger partial charge < -0.3 is 25.2 Å². The highest BCUT2D eigenvalue weighted by molar-refractivity contribution is 5.79. The lowest BCUT2D eigenvalue weighted by Gasteiger charge is -2.20. The van der Waals surface area contributed by atoms with Crippen molar-refractivity contribution in [2.45, 2.75) is 57.6 Å². The van der Waals surface area contributed by atoms with Crippen LogP contribution in [0, 0.1) is 0 Å². The lowest BCUT2D eigenvalue weighted by molar-refractivity contribution is -0.137. The van der Waals surface area contributed by atoms with Crippen LogP contribution in [-0.2, 0) is 19.1 Å². The number of alkyl carbamates (subject to hydrolysis) is 1. The monoisotopic (exact) mass is 482 g/mol. The lowest BCUT2D eigenvalue weighted by atomic mass is 9.98. The average molecular weight is 483 g/mol. The van der Waals surface area contributed by atoms with Crippen LogP contribution in [0.15, 0.2) is 48.5 Å². The number of carbonyl (C=O) groups is 3. The number of carboxylic acid groups (broad SMARTS) is 1. The van der Waals surface area contributed by atoms with Gasteiger partial charge in [0.15, 0.2) is 0 Å². The zero-order valence-corrected chi connectivity index (χ0v) is 20.3. The van der Waals surface area contributed by atoms with Crippen LogP contribution in [0.3, 0.4) is 0 Å². The summed E-state index contributed by atoms with van der Waals surface area (Å²) in [5, 5.41) is 14.3. The van der Waals surface area contributed by atoms with Crippen LogP contribution in [0.2, 0.25) is 0 Å². The van der Waals surface area contributed by atoms with Crippen molar-refractivity contribution in [3.63, 3.8) is 0 Å². The Hall–Kier alpha value is -3.39. The SMILES string of the molecule is CCOC(CNC(=O)OCC1c2ccccc2-c2ccccc21)CC(=O)NC(C)CCCC(=O)O. The number of benzene rings is 2. The van der Waals surface area contributed by atoms with E-state index in [4.69, 9.17) is 14.6 Å². The van der Waals surface area contributed by atoms with Crippen molar-refractivity contribution in [2.75, 3.05) is 19.8 Å². The van der Waals surface area contributed by atoms with Gasteiger partial charge in [-0.15, -0.1) is 0 Å². The third kappa shape index (κ3) is 7.55. The van der Waals surface area contributed by atoms with Crippen LogP contribution >= 0.6 is 0 Å². The maximum atomic E-state index is 12.4. The van der Waals surface area contributed by atoms with E-state index in [1.54, 1.807) is 0 Å². The fraction of sp³-hybridized carbons (Fsp3) is 0.444. The number of rotatable bonds is 13. The third-order valence-electron chi connectivity index (χ3n) is 6.07. The van der Waals surface area contributed by atoms with Crippen molar-refractivity contribution in [1.29, 1.82) is 0 Å². The molecule has 8 nitrogen and oxygen atoms in total. The Morgan fingerprint density at radius 1 is 1.03 bits per heavy atom. The molecule has 8 heteroatoms. The Morgan fingerprint density at radius 3 is 2.26 bits per heavy atom. The highest BCUT2D eigenvalue weighted by Crippen LogP contribution is 2.44.